The molecule has 2 amide bonds. The fraction of sp³-hybridized carbons (Fsp3) is 0.263. The minimum atomic E-state index is -0.414. The lowest BCUT2D eigenvalue weighted by Crippen LogP contribution is -2.38. The second-order valence-electron chi connectivity index (χ2n) is 5.95. The molecule has 1 saturated heterocycles. The maximum Gasteiger partial charge on any atom is 0.255 e. The first-order valence-corrected chi connectivity index (χ1v) is 10.5. The predicted octanol–water partition coefficient (Wildman–Crippen LogP) is 3.80. The summed E-state index contributed by atoms with van der Waals surface area (Å²) in [5, 5.41) is 2.74. The highest BCUT2D eigenvalue weighted by Gasteiger charge is 2.17. The van der Waals surface area contributed by atoms with E-state index < -0.39 is 5.82 Å². The number of hydrogen-bond donors (Lipinski definition) is 1. The third kappa shape index (κ3) is 4.97. The van der Waals surface area contributed by atoms with E-state index in [0.717, 1.165) is 30.2 Å². The van der Waals surface area contributed by atoms with Crippen molar-refractivity contribution in [2.24, 2.45) is 0 Å². The van der Waals surface area contributed by atoms with Gasteiger partial charge in [0.1, 0.15) is 5.82 Å². The van der Waals surface area contributed by atoms with Gasteiger partial charge in [-0.2, -0.15) is 11.8 Å². The molecule has 1 aliphatic rings. The molecule has 7 heteroatoms. The van der Waals surface area contributed by atoms with E-state index in [0.29, 0.717) is 15.7 Å². The summed E-state index contributed by atoms with van der Waals surface area (Å²) in [6.45, 7) is 1.62. The van der Waals surface area contributed by atoms with E-state index >= 15 is 0 Å². The van der Waals surface area contributed by atoms with Crippen LogP contribution in [0.1, 0.15) is 15.9 Å². The normalized spacial score (nSPS) is 14.2. The second kappa shape index (κ2) is 8.85. The van der Waals surface area contributed by atoms with Crippen molar-refractivity contribution in [3.05, 3.63) is 63.0 Å². The lowest BCUT2D eigenvalue weighted by molar-refractivity contribution is -0.130. The van der Waals surface area contributed by atoms with E-state index in [-0.39, 0.29) is 17.4 Å². The summed E-state index contributed by atoms with van der Waals surface area (Å²) >= 11 is 3.75. The molecule has 1 N–H and O–H groups in total. The zero-order valence-corrected chi connectivity index (χ0v) is 17.0. The van der Waals surface area contributed by atoms with Gasteiger partial charge < -0.3 is 10.2 Å². The van der Waals surface area contributed by atoms with Crippen LogP contribution in [-0.4, -0.2) is 41.3 Å². The van der Waals surface area contributed by atoms with Gasteiger partial charge in [-0.3, -0.25) is 9.59 Å². The molecule has 0 aliphatic carbocycles. The minimum absolute atomic E-state index is 0.136. The fourth-order valence-electron chi connectivity index (χ4n) is 2.65. The Balaban J connectivity index is 1.59. The molecule has 0 radical (unpaired) electrons. The van der Waals surface area contributed by atoms with Crippen molar-refractivity contribution in [2.75, 3.05) is 29.9 Å². The molecule has 0 atom stereocenters. The molecule has 2 aromatic carbocycles. The highest BCUT2D eigenvalue weighted by Crippen LogP contribution is 2.16. The van der Waals surface area contributed by atoms with Gasteiger partial charge in [-0.05, 0) is 58.5 Å². The van der Waals surface area contributed by atoms with Crippen molar-refractivity contribution in [3.8, 4) is 0 Å². The van der Waals surface area contributed by atoms with Gasteiger partial charge in [-0.25, -0.2) is 4.39 Å². The van der Waals surface area contributed by atoms with Crippen LogP contribution < -0.4 is 5.32 Å². The van der Waals surface area contributed by atoms with Crippen molar-refractivity contribution in [1.29, 1.82) is 0 Å². The van der Waals surface area contributed by atoms with Crippen LogP contribution in [-0.2, 0) is 11.2 Å². The number of thioether (sulfide) groups is 1. The molecule has 2 aromatic rings. The summed E-state index contributed by atoms with van der Waals surface area (Å²) in [5.74, 6) is 1.35. The lowest BCUT2D eigenvalue weighted by atomic mass is 10.1. The van der Waals surface area contributed by atoms with Crippen LogP contribution in [0.2, 0.25) is 0 Å². The first-order valence-electron chi connectivity index (χ1n) is 8.24. The van der Waals surface area contributed by atoms with Crippen LogP contribution in [0.3, 0.4) is 0 Å². The van der Waals surface area contributed by atoms with Crippen LogP contribution in [0, 0.1) is 9.39 Å². The van der Waals surface area contributed by atoms with E-state index in [1.165, 1.54) is 6.07 Å². The number of benzene rings is 2. The SMILES string of the molecule is O=C(Nc1ccc(CC(=O)N2CCSCC2)cc1)c1ccc(I)c(F)c1. The van der Waals surface area contributed by atoms with Crippen molar-refractivity contribution in [1.82, 2.24) is 4.90 Å². The molecule has 3 rings (SSSR count). The first kappa shape index (κ1) is 19.2. The quantitative estimate of drug-likeness (QED) is 0.672. The molecule has 0 saturated carbocycles. The number of nitrogens with one attached hydrogen (secondary N) is 1. The number of rotatable bonds is 4. The molecule has 136 valence electrons. The highest BCUT2D eigenvalue weighted by atomic mass is 127. The Kier molecular flexibility index (Phi) is 6.53. The average molecular weight is 484 g/mol. The van der Waals surface area contributed by atoms with E-state index in [9.17, 15) is 14.0 Å². The molecular weight excluding hydrogens is 466 g/mol. The summed E-state index contributed by atoms with van der Waals surface area (Å²) < 4.78 is 14.1. The first-order chi connectivity index (χ1) is 12.5. The molecule has 0 spiro atoms. The Labute approximate surface area is 169 Å². The third-order valence-electron chi connectivity index (χ3n) is 4.11. The number of amides is 2. The van der Waals surface area contributed by atoms with Crippen molar-refractivity contribution in [3.63, 3.8) is 0 Å². The summed E-state index contributed by atoms with van der Waals surface area (Å²) in [5.41, 5.74) is 1.79. The molecule has 26 heavy (non-hydrogen) atoms. The summed E-state index contributed by atoms with van der Waals surface area (Å²) in [6, 6.07) is 11.6. The molecular formula is C19H18FIN2O2S. The van der Waals surface area contributed by atoms with Gasteiger partial charge >= 0.3 is 0 Å². The monoisotopic (exact) mass is 484 g/mol. The molecule has 0 unspecified atom stereocenters. The second-order valence-corrected chi connectivity index (χ2v) is 8.34. The van der Waals surface area contributed by atoms with E-state index in [4.69, 9.17) is 0 Å². The zero-order valence-electron chi connectivity index (χ0n) is 14.0. The number of carbonyl (C=O) groups is 2. The largest absolute Gasteiger partial charge is 0.341 e. The number of hydrogen-bond acceptors (Lipinski definition) is 3. The Bertz CT molecular complexity index is 808. The van der Waals surface area contributed by atoms with Crippen molar-refractivity contribution >= 4 is 51.9 Å². The van der Waals surface area contributed by atoms with Crippen LogP contribution in [0.15, 0.2) is 42.5 Å². The van der Waals surface area contributed by atoms with Crippen LogP contribution in [0.5, 0.6) is 0 Å². The lowest BCUT2D eigenvalue weighted by Gasteiger charge is -2.26. The van der Waals surface area contributed by atoms with Gasteiger partial charge in [0.25, 0.3) is 5.91 Å². The van der Waals surface area contributed by atoms with Crippen molar-refractivity contribution in [2.45, 2.75) is 6.42 Å². The van der Waals surface area contributed by atoms with Gasteiger partial charge in [-0.15, -0.1) is 0 Å². The van der Waals surface area contributed by atoms with Gasteiger partial charge in [0, 0.05) is 39.4 Å². The van der Waals surface area contributed by atoms with Gasteiger partial charge in [-0.1, -0.05) is 12.1 Å². The number of anilines is 1. The standard InChI is InChI=1S/C19H18FIN2O2S/c20-16-12-14(3-6-17(16)21)19(25)22-15-4-1-13(2-5-15)11-18(24)23-7-9-26-10-8-23/h1-6,12H,7-11H2,(H,22,25). The van der Waals surface area contributed by atoms with Crippen LogP contribution in [0.25, 0.3) is 0 Å². The zero-order chi connectivity index (χ0) is 18.5. The average Bonchev–Trinajstić information content (AvgIpc) is 2.66. The van der Waals surface area contributed by atoms with E-state index in [1.54, 1.807) is 24.3 Å². The number of nitrogens with zero attached hydrogens (tertiary/aromatic N) is 1. The summed E-state index contributed by atoms with van der Waals surface area (Å²) in [6.07, 6.45) is 0.362. The predicted molar refractivity (Wildman–Crippen MR) is 111 cm³/mol. The molecule has 1 aliphatic heterocycles. The van der Waals surface area contributed by atoms with E-state index in [1.807, 2.05) is 51.4 Å². The Morgan fingerprint density at radius 2 is 1.81 bits per heavy atom. The molecule has 4 nitrogen and oxygen atoms in total. The van der Waals surface area contributed by atoms with Crippen molar-refractivity contribution < 1.29 is 14.0 Å². The Hall–Kier alpha value is -1.61. The van der Waals surface area contributed by atoms with E-state index in [2.05, 4.69) is 5.32 Å². The Morgan fingerprint density at radius 3 is 2.46 bits per heavy atom. The van der Waals surface area contributed by atoms with Gasteiger partial charge in [0.2, 0.25) is 5.91 Å². The number of halogens is 2. The summed E-state index contributed by atoms with van der Waals surface area (Å²) in [7, 11) is 0. The topological polar surface area (TPSA) is 49.4 Å². The van der Waals surface area contributed by atoms with Crippen LogP contribution in [0.4, 0.5) is 10.1 Å². The fourth-order valence-corrected chi connectivity index (χ4v) is 3.88. The summed E-state index contributed by atoms with van der Waals surface area (Å²) in [4.78, 5) is 26.4. The molecule has 0 aromatic heterocycles. The smallest absolute Gasteiger partial charge is 0.255 e. The highest BCUT2D eigenvalue weighted by molar-refractivity contribution is 14.1. The van der Waals surface area contributed by atoms with Gasteiger partial charge in [0.15, 0.2) is 0 Å². The molecule has 1 heterocycles. The third-order valence-corrected chi connectivity index (χ3v) is 5.93. The van der Waals surface area contributed by atoms with Crippen LogP contribution >= 0.6 is 34.4 Å². The molecule has 1 fully saturated rings. The Morgan fingerprint density at radius 1 is 1.12 bits per heavy atom. The minimum Gasteiger partial charge on any atom is -0.341 e. The van der Waals surface area contributed by atoms with Gasteiger partial charge in [0.05, 0.1) is 6.42 Å². The maximum absolute atomic E-state index is 13.6. The maximum atomic E-state index is 13.6. The molecule has 0 bridgehead atoms. The number of carbonyl (C=O) groups excluding carboxylic acids is 2.